The van der Waals surface area contributed by atoms with Gasteiger partial charge in [-0.1, -0.05) is 45.2 Å². The zero-order valence-corrected chi connectivity index (χ0v) is 15.6. The summed E-state index contributed by atoms with van der Waals surface area (Å²) >= 11 is 0. The standard InChI is InChI=1S/C22H31NO2/c1-3-5-6-7-16-25-21-13-11-20(12-14-21)23-18-19-9-8-10-22(17-19)24-15-4-2/h8-14,17,23H,3-7,15-16,18H2,1-2H3. The van der Waals surface area contributed by atoms with Crippen molar-refractivity contribution in [2.24, 2.45) is 0 Å². The Bertz CT molecular complexity index is 595. The second-order valence-corrected chi connectivity index (χ2v) is 6.28. The summed E-state index contributed by atoms with van der Waals surface area (Å²) in [5, 5.41) is 3.44. The highest BCUT2D eigenvalue weighted by atomic mass is 16.5. The molecule has 0 fully saturated rings. The molecule has 3 heteroatoms. The van der Waals surface area contributed by atoms with Crippen LogP contribution >= 0.6 is 0 Å². The first-order valence-corrected chi connectivity index (χ1v) is 9.50. The van der Waals surface area contributed by atoms with Crippen molar-refractivity contribution < 1.29 is 9.47 Å². The molecule has 0 spiro atoms. The number of rotatable bonds is 12. The highest BCUT2D eigenvalue weighted by Crippen LogP contribution is 2.18. The van der Waals surface area contributed by atoms with Crippen LogP contribution in [0.2, 0.25) is 0 Å². The van der Waals surface area contributed by atoms with Crippen LogP contribution in [-0.2, 0) is 6.54 Å². The SMILES string of the molecule is CCCCCCOc1ccc(NCc2cccc(OCCC)c2)cc1. The van der Waals surface area contributed by atoms with Gasteiger partial charge < -0.3 is 14.8 Å². The van der Waals surface area contributed by atoms with Crippen molar-refractivity contribution in [2.75, 3.05) is 18.5 Å². The molecule has 2 rings (SSSR count). The molecule has 0 amide bonds. The van der Waals surface area contributed by atoms with Crippen LogP contribution in [0.3, 0.4) is 0 Å². The summed E-state index contributed by atoms with van der Waals surface area (Å²) in [7, 11) is 0. The lowest BCUT2D eigenvalue weighted by Gasteiger charge is -2.10. The van der Waals surface area contributed by atoms with Crippen LogP contribution in [0.1, 0.15) is 51.5 Å². The minimum absolute atomic E-state index is 0.761. The lowest BCUT2D eigenvalue weighted by Crippen LogP contribution is -2.01. The normalized spacial score (nSPS) is 10.5. The maximum atomic E-state index is 5.78. The summed E-state index contributed by atoms with van der Waals surface area (Å²) in [6, 6.07) is 16.4. The highest BCUT2D eigenvalue weighted by molar-refractivity contribution is 5.47. The molecule has 0 aromatic heterocycles. The van der Waals surface area contributed by atoms with E-state index in [2.05, 4.69) is 43.4 Å². The van der Waals surface area contributed by atoms with E-state index in [0.717, 1.165) is 49.8 Å². The third-order valence-electron chi connectivity index (χ3n) is 3.99. The molecule has 1 N–H and O–H groups in total. The number of hydrogen-bond acceptors (Lipinski definition) is 3. The lowest BCUT2D eigenvalue weighted by atomic mass is 10.2. The zero-order valence-electron chi connectivity index (χ0n) is 15.6. The van der Waals surface area contributed by atoms with Crippen LogP contribution in [0.15, 0.2) is 48.5 Å². The van der Waals surface area contributed by atoms with Crippen LogP contribution in [-0.4, -0.2) is 13.2 Å². The molecule has 0 heterocycles. The molecule has 0 bridgehead atoms. The van der Waals surface area contributed by atoms with Crippen molar-refractivity contribution in [3.8, 4) is 11.5 Å². The summed E-state index contributed by atoms with van der Waals surface area (Å²) in [5.74, 6) is 1.88. The Balaban J connectivity index is 1.75. The van der Waals surface area contributed by atoms with Gasteiger partial charge >= 0.3 is 0 Å². The molecule has 0 saturated carbocycles. The molecular formula is C22H31NO2. The predicted octanol–water partition coefficient (Wildman–Crippen LogP) is 6.05. The first kappa shape index (κ1) is 19.2. The van der Waals surface area contributed by atoms with Crippen LogP contribution in [0.5, 0.6) is 11.5 Å². The fourth-order valence-electron chi connectivity index (χ4n) is 2.56. The second kappa shape index (κ2) is 11.4. The molecule has 136 valence electrons. The van der Waals surface area contributed by atoms with Gasteiger partial charge in [0.2, 0.25) is 0 Å². The van der Waals surface area contributed by atoms with Crippen LogP contribution in [0.4, 0.5) is 5.69 Å². The van der Waals surface area contributed by atoms with Gasteiger partial charge in [-0.25, -0.2) is 0 Å². The molecule has 2 aromatic rings. The van der Waals surface area contributed by atoms with Gasteiger partial charge in [-0.2, -0.15) is 0 Å². The van der Waals surface area contributed by atoms with Crippen molar-refractivity contribution >= 4 is 5.69 Å². The van der Waals surface area contributed by atoms with E-state index in [1.165, 1.54) is 24.8 Å². The smallest absolute Gasteiger partial charge is 0.119 e. The number of anilines is 1. The third kappa shape index (κ3) is 7.51. The van der Waals surface area contributed by atoms with Crippen LogP contribution < -0.4 is 14.8 Å². The van der Waals surface area contributed by atoms with E-state index < -0.39 is 0 Å². The molecule has 0 atom stereocenters. The Morgan fingerprint density at radius 2 is 1.56 bits per heavy atom. The van der Waals surface area contributed by atoms with Gasteiger partial charge in [0.25, 0.3) is 0 Å². The first-order valence-electron chi connectivity index (χ1n) is 9.50. The summed E-state index contributed by atoms with van der Waals surface area (Å²) in [6.07, 6.45) is 5.95. The molecule has 0 aliphatic carbocycles. The lowest BCUT2D eigenvalue weighted by molar-refractivity contribution is 0.305. The quantitative estimate of drug-likeness (QED) is 0.477. The van der Waals surface area contributed by atoms with E-state index in [9.17, 15) is 0 Å². The minimum atomic E-state index is 0.761. The fraction of sp³-hybridized carbons (Fsp3) is 0.455. The fourth-order valence-corrected chi connectivity index (χ4v) is 2.56. The Labute approximate surface area is 152 Å². The number of hydrogen-bond donors (Lipinski definition) is 1. The van der Waals surface area contributed by atoms with Gasteiger partial charge in [-0.3, -0.25) is 0 Å². The van der Waals surface area contributed by atoms with Gasteiger partial charge in [0, 0.05) is 12.2 Å². The van der Waals surface area contributed by atoms with Crippen molar-refractivity contribution in [1.82, 2.24) is 0 Å². The van der Waals surface area contributed by atoms with Gasteiger partial charge in [0.05, 0.1) is 13.2 Å². The van der Waals surface area contributed by atoms with Gasteiger partial charge in [-0.15, -0.1) is 0 Å². The minimum Gasteiger partial charge on any atom is -0.494 e. The van der Waals surface area contributed by atoms with Crippen molar-refractivity contribution in [3.63, 3.8) is 0 Å². The molecule has 0 radical (unpaired) electrons. The van der Waals surface area contributed by atoms with Crippen LogP contribution in [0, 0.1) is 0 Å². The molecule has 0 unspecified atom stereocenters. The highest BCUT2D eigenvalue weighted by Gasteiger charge is 1.99. The summed E-state index contributed by atoms with van der Waals surface area (Å²) < 4.78 is 11.5. The van der Waals surface area contributed by atoms with E-state index >= 15 is 0 Å². The molecule has 3 nitrogen and oxygen atoms in total. The van der Waals surface area contributed by atoms with E-state index in [0.29, 0.717) is 0 Å². The van der Waals surface area contributed by atoms with Crippen molar-refractivity contribution in [1.29, 1.82) is 0 Å². The van der Waals surface area contributed by atoms with E-state index in [-0.39, 0.29) is 0 Å². The Morgan fingerprint density at radius 3 is 2.32 bits per heavy atom. The van der Waals surface area contributed by atoms with Crippen molar-refractivity contribution in [2.45, 2.75) is 52.5 Å². The Hall–Kier alpha value is -2.16. The number of benzene rings is 2. The number of ether oxygens (including phenoxy) is 2. The predicted molar refractivity (Wildman–Crippen MR) is 106 cm³/mol. The van der Waals surface area contributed by atoms with Gasteiger partial charge in [-0.05, 0) is 54.8 Å². The first-order chi connectivity index (χ1) is 12.3. The van der Waals surface area contributed by atoms with Gasteiger partial charge in [0.1, 0.15) is 11.5 Å². The molecule has 0 aliphatic rings. The van der Waals surface area contributed by atoms with E-state index in [1.54, 1.807) is 0 Å². The monoisotopic (exact) mass is 341 g/mol. The van der Waals surface area contributed by atoms with Gasteiger partial charge in [0.15, 0.2) is 0 Å². The number of nitrogens with one attached hydrogen (secondary N) is 1. The van der Waals surface area contributed by atoms with Crippen molar-refractivity contribution in [3.05, 3.63) is 54.1 Å². The average Bonchev–Trinajstić information content (AvgIpc) is 2.66. The third-order valence-corrected chi connectivity index (χ3v) is 3.99. The topological polar surface area (TPSA) is 30.5 Å². The molecule has 0 saturated heterocycles. The molecular weight excluding hydrogens is 310 g/mol. The second-order valence-electron chi connectivity index (χ2n) is 6.28. The van der Waals surface area contributed by atoms with E-state index in [4.69, 9.17) is 9.47 Å². The summed E-state index contributed by atoms with van der Waals surface area (Å²) in [6.45, 7) is 6.68. The number of unbranched alkanes of at least 4 members (excludes halogenated alkanes) is 3. The summed E-state index contributed by atoms with van der Waals surface area (Å²) in [5.41, 5.74) is 2.31. The largest absolute Gasteiger partial charge is 0.494 e. The van der Waals surface area contributed by atoms with Crippen LogP contribution in [0.25, 0.3) is 0 Å². The molecule has 2 aromatic carbocycles. The maximum Gasteiger partial charge on any atom is 0.119 e. The average molecular weight is 341 g/mol. The maximum absolute atomic E-state index is 5.78. The Kier molecular flexibility index (Phi) is 8.74. The van der Waals surface area contributed by atoms with E-state index in [1.807, 2.05) is 24.3 Å². The molecule has 0 aliphatic heterocycles. The zero-order chi connectivity index (χ0) is 17.7. The Morgan fingerprint density at radius 1 is 0.760 bits per heavy atom. The molecule has 25 heavy (non-hydrogen) atoms. The summed E-state index contributed by atoms with van der Waals surface area (Å²) in [4.78, 5) is 0.